The van der Waals surface area contributed by atoms with Gasteiger partial charge in [0.25, 0.3) is 12.0 Å². The number of aromatic nitrogens is 1. The molecule has 1 aromatic rings. The van der Waals surface area contributed by atoms with Crippen molar-refractivity contribution in [2.75, 3.05) is 32.7 Å². The number of ether oxygens (including phenoxy) is 1. The van der Waals surface area contributed by atoms with Crippen LogP contribution in [0, 0.1) is 5.41 Å². The molecule has 166 valence electrons. The summed E-state index contributed by atoms with van der Waals surface area (Å²) in [7, 11) is 0. The van der Waals surface area contributed by atoms with Crippen LogP contribution >= 0.6 is 0 Å². The number of piperidine rings is 1. The molecule has 0 aliphatic carbocycles. The second kappa shape index (κ2) is 9.92. The van der Waals surface area contributed by atoms with Gasteiger partial charge in [-0.1, -0.05) is 0 Å². The molecule has 1 aromatic heterocycles. The molecule has 10 nitrogen and oxygen atoms in total. The largest absolute Gasteiger partial charge is 0.483 e. The van der Waals surface area contributed by atoms with E-state index in [1.807, 2.05) is 4.90 Å². The Morgan fingerprint density at radius 1 is 1.23 bits per heavy atom. The molecule has 4 heterocycles. The summed E-state index contributed by atoms with van der Waals surface area (Å²) >= 11 is 0. The number of esters is 1. The lowest BCUT2D eigenvalue weighted by atomic mass is 9.76. The molecule has 10 heteroatoms. The molecule has 2 N–H and O–H groups in total. The Morgan fingerprint density at radius 3 is 2.50 bits per heavy atom. The Morgan fingerprint density at radius 2 is 1.90 bits per heavy atom. The van der Waals surface area contributed by atoms with Crippen LogP contribution in [0.25, 0.3) is 0 Å². The summed E-state index contributed by atoms with van der Waals surface area (Å²) in [6.07, 6.45) is 5.29. The smallest absolute Gasteiger partial charge is 0.312 e. The van der Waals surface area contributed by atoms with Crippen molar-refractivity contribution in [3.8, 4) is 0 Å². The van der Waals surface area contributed by atoms with E-state index in [0.29, 0.717) is 44.5 Å². The van der Waals surface area contributed by atoms with E-state index >= 15 is 0 Å². The van der Waals surface area contributed by atoms with Crippen LogP contribution in [0.3, 0.4) is 0 Å². The van der Waals surface area contributed by atoms with Gasteiger partial charge in [0.1, 0.15) is 11.9 Å². The van der Waals surface area contributed by atoms with Crippen LogP contribution < -0.4 is 5.56 Å². The second-order valence-corrected chi connectivity index (χ2v) is 8.18. The minimum Gasteiger partial charge on any atom is -0.483 e. The average molecular weight is 423 g/mol. The van der Waals surface area contributed by atoms with Crippen LogP contribution in [0.1, 0.15) is 44.3 Å². The number of amides is 1. The van der Waals surface area contributed by atoms with E-state index in [-0.39, 0.29) is 30.0 Å². The Labute approximate surface area is 174 Å². The Bertz CT molecular complexity index is 788. The summed E-state index contributed by atoms with van der Waals surface area (Å²) in [6, 6.07) is 1.37. The number of hydrogen-bond donors (Lipinski definition) is 2. The number of nitrogens with zero attached hydrogens (tertiary/aromatic N) is 2. The zero-order valence-electron chi connectivity index (χ0n) is 17.0. The van der Waals surface area contributed by atoms with Crippen molar-refractivity contribution in [1.29, 1.82) is 0 Å². The first kappa shape index (κ1) is 22.1. The molecule has 3 aliphatic rings. The molecule has 3 aliphatic heterocycles. The third kappa shape index (κ3) is 5.29. The fourth-order valence-corrected chi connectivity index (χ4v) is 4.62. The lowest BCUT2D eigenvalue weighted by Gasteiger charge is -2.36. The maximum absolute atomic E-state index is 12.5. The molecule has 1 amide bonds. The van der Waals surface area contributed by atoms with Crippen LogP contribution in [-0.2, 0) is 25.5 Å². The minimum absolute atomic E-state index is 0.00524. The normalized spacial score (nSPS) is 23.1. The van der Waals surface area contributed by atoms with Gasteiger partial charge in [-0.05, 0) is 38.8 Å². The highest BCUT2D eigenvalue weighted by atomic mass is 16.6. The van der Waals surface area contributed by atoms with Crippen LogP contribution in [0.5, 0.6) is 0 Å². The van der Waals surface area contributed by atoms with Crippen LogP contribution in [0.15, 0.2) is 15.4 Å². The number of carbonyl (C=O) groups is 3. The third-order valence-corrected chi connectivity index (χ3v) is 6.22. The fraction of sp³-hybridized carbons (Fsp3) is 0.700. The van der Waals surface area contributed by atoms with Gasteiger partial charge in [-0.25, -0.2) is 0 Å². The number of aromatic amines is 1. The lowest BCUT2D eigenvalue weighted by molar-refractivity contribution is -0.152. The summed E-state index contributed by atoms with van der Waals surface area (Å²) in [5.41, 5.74) is -0.699. The highest BCUT2D eigenvalue weighted by molar-refractivity contribution is 5.80. The van der Waals surface area contributed by atoms with Gasteiger partial charge in [0, 0.05) is 45.0 Å². The summed E-state index contributed by atoms with van der Waals surface area (Å²) in [5.74, 6) is 0.451. The number of H-pyrrole nitrogens is 1. The fourth-order valence-electron chi connectivity index (χ4n) is 4.62. The van der Waals surface area contributed by atoms with Crippen molar-refractivity contribution >= 4 is 18.3 Å². The first-order valence-corrected chi connectivity index (χ1v) is 10.4. The number of cyclic esters (lactones) is 1. The van der Waals surface area contributed by atoms with Gasteiger partial charge in [-0.15, -0.1) is 0 Å². The molecule has 0 bridgehead atoms. The number of nitrogens with one attached hydrogen (secondary N) is 1. The molecule has 3 saturated heterocycles. The van der Waals surface area contributed by atoms with Gasteiger partial charge in [-0.3, -0.25) is 24.1 Å². The number of aryl methyl sites for hydroxylation is 1. The highest BCUT2D eigenvalue weighted by Gasteiger charge is 2.51. The predicted molar refractivity (Wildman–Crippen MR) is 105 cm³/mol. The summed E-state index contributed by atoms with van der Waals surface area (Å²) in [4.78, 5) is 48.6. The molecule has 1 atom stereocenters. The van der Waals surface area contributed by atoms with Gasteiger partial charge < -0.3 is 19.3 Å². The van der Waals surface area contributed by atoms with Crippen molar-refractivity contribution < 1.29 is 28.8 Å². The van der Waals surface area contributed by atoms with E-state index in [1.165, 1.54) is 18.9 Å². The highest BCUT2D eigenvalue weighted by Crippen LogP contribution is 2.43. The molecule has 1 spiro atoms. The van der Waals surface area contributed by atoms with E-state index in [0.717, 1.165) is 26.1 Å². The summed E-state index contributed by atoms with van der Waals surface area (Å²) in [6.45, 7) is 3.97. The van der Waals surface area contributed by atoms with Gasteiger partial charge in [0.05, 0.1) is 5.41 Å². The summed E-state index contributed by atoms with van der Waals surface area (Å²) < 4.78 is 10.7. The van der Waals surface area contributed by atoms with Crippen molar-refractivity contribution in [3.05, 3.63) is 22.2 Å². The standard InChI is InChI=1S/C19H27N3O5.CH2O2/c23-16-11-14(27-20-16)3-4-17(24)22-9-5-19(6-10-22)12-15(26-18(19)25)13-21-7-1-2-8-21;2-1-3/h11,15H,1-10,12-13H2,(H,20,23);1H,(H,2,3). The summed E-state index contributed by atoms with van der Waals surface area (Å²) in [5, 5.41) is 9.12. The zero-order chi connectivity index (χ0) is 21.6. The molecule has 0 radical (unpaired) electrons. The molecular weight excluding hydrogens is 394 g/mol. The third-order valence-electron chi connectivity index (χ3n) is 6.22. The SMILES string of the molecule is O=C(CCc1cc(=O)[nH]o1)N1CCC2(CC1)CC(CN1CCCC1)OC2=O.O=CO. The number of carbonyl (C=O) groups excluding carboxylic acids is 2. The maximum Gasteiger partial charge on any atom is 0.312 e. The van der Waals surface area contributed by atoms with E-state index in [1.54, 1.807) is 0 Å². The van der Waals surface area contributed by atoms with E-state index in [2.05, 4.69) is 10.1 Å². The van der Waals surface area contributed by atoms with Crippen LogP contribution in [-0.4, -0.2) is 77.2 Å². The Hall–Kier alpha value is -2.62. The van der Waals surface area contributed by atoms with Crippen molar-refractivity contribution in [3.63, 3.8) is 0 Å². The van der Waals surface area contributed by atoms with Crippen LogP contribution in [0.4, 0.5) is 0 Å². The maximum atomic E-state index is 12.5. The first-order chi connectivity index (χ1) is 14.5. The zero-order valence-corrected chi connectivity index (χ0v) is 17.0. The first-order valence-electron chi connectivity index (χ1n) is 10.4. The Balaban J connectivity index is 0.000000806. The monoisotopic (exact) mass is 423 g/mol. The molecule has 3 fully saturated rings. The van der Waals surface area contributed by atoms with Gasteiger partial charge in [-0.2, -0.15) is 5.16 Å². The number of rotatable bonds is 5. The van der Waals surface area contributed by atoms with Crippen molar-refractivity contribution in [1.82, 2.24) is 15.0 Å². The van der Waals surface area contributed by atoms with Gasteiger partial charge in [0.15, 0.2) is 0 Å². The second-order valence-electron chi connectivity index (χ2n) is 8.18. The predicted octanol–water partition coefficient (Wildman–Crippen LogP) is 0.621. The number of carboxylic acid groups (broad SMARTS) is 1. The van der Waals surface area contributed by atoms with Crippen molar-refractivity contribution in [2.45, 2.75) is 51.0 Å². The van der Waals surface area contributed by atoms with Crippen molar-refractivity contribution in [2.24, 2.45) is 5.41 Å². The quantitative estimate of drug-likeness (QED) is 0.520. The topological polar surface area (TPSA) is 133 Å². The van der Waals surface area contributed by atoms with Gasteiger partial charge in [0.2, 0.25) is 5.91 Å². The molecule has 0 aromatic carbocycles. The van der Waals surface area contributed by atoms with Gasteiger partial charge >= 0.3 is 5.97 Å². The lowest BCUT2D eigenvalue weighted by Crippen LogP contribution is -2.45. The molecule has 30 heavy (non-hydrogen) atoms. The number of hydrogen-bond acceptors (Lipinski definition) is 7. The van der Waals surface area contributed by atoms with Crippen LogP contribution in [0.2, 0.25) is 0 Å². The molecule has 1 unspecified atom stereocenters. The average Bonchev–Trinajstić information content (AvgIpc) is 3.44. The Kier molecular flexibility index (Phi) is 7.30. The molecule has 4 rings (SSSR count). The van der Waals surface area contributed by atoms with E-state index in [4.69, 9.17) is 19.2 Å². The molecule has 0 saturated carbocycles. The minimum atomic E-state index is -0.408. The van der Waals surface area contributed by atoms with E-state index < -0.39 is 5.41 Å². The van der Waals surface area contributed by atoms with E-state index in [9.17, 15) is 14.4 Å². The number of likely N-dealkylation sites (tertiary alicyclic amines) is 2. The molecular formula is C20H29N3O7.